The number of hydrogen-bond acceptors (Lipinski definition) is 5. The van der Waals surface area contributed by atoms with Crippen LogP contribution in [0.15, 0.2) is 77.7 Å². The number of para-hydroxylation sites is 1. The minimum absolute atomic E-state index is 0.0739. The molecule has 7 nitrogen and oxygen atoms in total. The maximum absolute atomic E-state index is 12.7. The van der Waals surface area contributed by atoms with E-state index in [1.165, 1.54) is 31.4 Å². The molecule has 3 rings (SSSR count). The summed E-state index contributed by atoms with van der Waals surface area (Å²) >= 11 is 5.93. The second kappa shape index (κ2) is 10.2. The van der Waals surface area contributed by atoms with Crippen LogP contribution in [0.1, 0.15) is 10.4 Å². The number of nitrogens with one attached hydrogen (secondary N) is 3. The van der Waals surface area contributed by atoms with Crippen molar-refractivity contribution in [2.75, 3.05) is 30.2 Å². The van der Waals surface area contributed by atoms with Crippen molar-refractivity contribution in [2.45, 2.75) is 4.90 Å². The van der Waals surface area contributed by atoms with E-state index in [2.05, 4.69) is 15.4 Å². The normalized spacial score (nSPS) is 10.9. The van der Waals surface area contributed by atoms with Crippen LogP contribution >= 0.6 is 11.6 Å². The minimum Gasteiger partial charge on any atom is -0.495 e. The van der Waals surface area contributed by atoms with Gasteiger partial charge in [0.25, 0.3) is 15.9 Å². The summed E-state index contributed by atoms with van der Waals surface area (Å²) < 4.78 is 33.0. The van der Waals surface area contributed by atoms with Gasteiger partial charge in [0, 0.05) is 35.1 Å². The van der Waals surface area contributed by atoms with E-state index < -0.39 is 10.0 Å². The molecule has 162 valence electrons. The number of anilines is 2. The quantitative estimate of drug-likeness (QED) is 0.420. The van der Waals surface area contributed by atoms with E-state index in [0.717, 1.165) is 5.69 Å². The van der Waals surface area contributed by atoms with Crippen molar-refractivity contribution in [1.82, 2.24) is 5.32 Å². The van der Waals surface area contributed by atoms with Crippen LogP contribution in [0, 0.1) is 0 Å². The topological polar surface area (TPSA) is 96.5 Å². The minimum atomic E-state index is -3.92. The Bertz CT molecular complexity index is 1140. The summed E-state index contributed by atoms with van der Waals surface area (Å²) in [4.78, 5) is 12.2. The zero-order chi connectivity index (χ0) is 22.3. The van der Waals surface area contributed by atoms with Gasteiger partial charge in [-0.2, -0.15) is 0 Å². The second-order valence-electron chi connectivity index (χ2n) is 6.53. The maximum Gasteiger partial charge on any atom is 0.265 e. The number of methoxy groups -OCH3 is 1. The monoisotopic (exact) mass is 459 g/mol. The van der Waals surface area contributed by atoms with Crippen LogP contribution in [-0.2, 0) is 10.0 Å². The molecule has 3 aromatic carbocycles. The number of carbonyl (C=O) groups excluding carboxylic acids is 1. The molecule has 0 saturated heterocycles. The predicted octanol–water partition coefficient (Wildman–Crippen LogP) is 3.99. The Kier molecular flexibility index (Phi) is 7.38. The highest BCUT2D eigenvalue weighted by molar-refractivity contribution is 7.92. The molecule has 0 heterocycles. The fourth-order valence-corrected chi connectivity index (χ4v) is 4.29. The van der Waals surface area contributed by atoms with Gasteiger partial charge in [0.1, 0.15) is 10.6 Å². The average Bonchev–Trinajstić information content (AvgIpc) is 2.77. The van der Waals surface area contributed by atoms with Crippen molar-refractivity contribution in [3.8, 4) is 5.75 Å². The largest absolute Gasteiger partial charge is 0.495 e. The molecule has 0 aliphatic rings. The van der Waals surface area contributed by atoms with E-state index >= 15 is 0 Å². The lowest BCUT2D eigenvalue weighted by Gasteiger charge is -2.12. The van der Waals surface area contributed by atoms with Gasteiger partial charge in [0.05, 0.1) is 7.11 Å². The van der Waals surface area contributed by atoms with Crippen LogP contribution in [0.5, 0.6) is 5.75 Å². The average molecular weight is 460 g/mol. The molecule has 0 aliphatic carbocycles. The van der Waals surface area contributed by atoms with Gasteiger partial charge in [0.2, 0.25) is 0 Å². The van der Waals surface area contributed by atoms with Crippen molar-refractivity contribution in [1.29, 1.82) is 0 Å². The van der Waals surface area contributed by atoms with Gasteiger partial charge < -0.3 is 15.4 Å². The number of benzene rings is 3. The molecule has 0 aromatic heterocycles. The van der Waals surface area contributed by atoms with Crippen molar-refractivity contribution in [3.05, 3.63) is 83.4 Å². The number of halogens is 1. The van der Waals surface area contributed by atoms with Crippen LogP contribution in [-0.4, -0.2) is 34.5 Å². The summed E-state index contributed by atoms with van der Waals surface area (Å²) in [5.74, 6) is -0.0715. The molecule has 0 saturated carbocycles. The Hall–Kier alpha value is -3.23. The molecule has 0 unspecified atom stereocenters. The van der Waals surface area contributed by atoms with E-state index in [-0.39, 0.29) is 21.6 Å². The summed E-state index contributed by atoms with van der Waals surface area (Å²) in [7, 11) is -2.54. The van der Waals surface area contributed by atoms with E-state index in [1.54, 1.807) is 18.2 Å². The molecule has 0 bridgehead atoms. The lowest BCUT2D eigenvalue weighted by Crippen LogP contribution is -2.28. The first-order chi connectivity index (χ1) is 14.9. The van der Waals surface area contributed by atoms with Crippen molar-refractivity contribution < 1.29 is 17.9 Å². The van der Waals surface area contributed by atoms with Crippen molar-refractivity contribution in [3.63, 3.8) is 0 Å². The predicted molar refractivity (Wildman–Crippen MR) is 123 cm³/mol. The SMILES string of the molecule is COc1ccc(Cl)cc1S(=O)(=O)Nc1ccc(C(=O)NCCNc2ccccc2)cc1. The molecule has 3 aromatic rings. The Morgan fingerprint density at radius 1 is 0.935 bits per heavy atom. The van der Waals surface area contributed by atoms with E-state index in [0.29, 0.717) is 24.3 Å². The fraction of sp³-hybridized carbons (Fsp3) is 0.136. The fourth-order valence-electron chi connectivity index (χ4n) is 2.80. The van der Waals surface area contributed by atoms with Crippen LogP contribution in [0.4, 0.5) is 11.4 Å². The highest BCUT2D eigenvalue weighted by Gasteiger charge is 2.20. The molecule has 9 heteroatoms. The first-order valence-electron chi connectivity index (χ1n) is 9.42. The van der Waals surface area contributed by atoms with E-state index in [9.17, 15) is 13.2 Å². The summed E-state index contributed by atoms with van der Waals surface area (Å²) in [6, 6.07) is 20.2. The summed E-state index contributed by atoms with van der Waals surface area (Å²) in [5, 5.41) is 6.29. The van der Waals surface area contributed by atoms with Gasteiger partial charge >= 0.3 is 0 Å². The van der Waals surface area contributed by atoms with Crippen LogP contribution in [0.3, 0.4) is 0 Å². The molecule has 0 spiro atoms. The van der Waals surface area contributed by atoms with E-state index in [4.69, 9.17) is 16.3 Å². The Morgan fingerprint density at radius 2 is 1.65 bits per heavy atom. The van der Waals surface area contributed by atoms with Gasteiger partial charge in [-0.3, -0.25) is 9.52 Å². The third-order valence-electron chi connectivity index (χ3n) is 4.33. The van der Waals surface area contributed by atoms with Crippen LogP contribution in [0.25, 0.3) is 0 Å². The lowest BCUT2D eigenvalue weighted by atomic mass is 10.2. The molecule has 0 fully saturated rings. The Balaban J connectivity index is 1.58. The molecule has 31 heavy (non-hydrogen) atoms. The number of rotatable bonds is 9. The number of amides is 1. The van der Waals surface area contributed by atoms with Crippen LogP contribution < -0.4 is 20.1 Å². The molecule has 3 N–H and O–H groups in total. The van der Waals surface area contributed by atoms with Gasteiger partial charge in [-0.15, -0.1) is 0 Å². The lowest BCUT2D eigenvalue weighted by molar-refractivity contribution is 0.0955. The molecular formula is C22H22ClN3O4S. The Labute approximate surface area is 186 Å². The van der Waals surface area contributed by atoms with Crippen molar-refractivity contribution >= 4 is 38.9 Å². The third-order valence-corrected chi connectivity index (χ3v) is 5.97. The Morgan fingerprint density at radius 3 is 2.32 bits per heavy atom. The molecular weight excluding hydrogens is 438 g/mol. The number of carbonyl (C=O) groups is 1. The number of sulfonamides is 1. The zero-order valence-electron chi connectivity index (χ0n) is 16.8. The standard InChI is InChI=1S/C22H22ClN3O4S/c1-30-20-12-9-17(23)15-21(20)31(28,29)26-19-10-7-16(8-11-19)22(27)25-14-13-24-18-5-3-2-4-6-18/h2-12,15,24,26H,13-14H2,1H3,(H,25,27). The molecule has 0 radical (unpaired) electrons. The first-order valence-corrected chi connectivity index (χ1v) is 11.3. The van der Waals surface area contributed by atoms with Crippen LogP contribution in [0.2, 0.25) is 5.02 Å². The summed E-state index contributed by atoms with van der Waals surface area (Å²) in [5.41, 5.74) is 1.71. The summed E-state index contributed by atoms with van der Waals surface area (Å²) in [6.07, 6.45) is 0. The van der Waals surface area contributed by atoms with Gasteiger partial charge in [0.15, 0.2) is 0 Å². The smallest absolute Gasteiger partial charge is 0.265 e. The molecule has 0 aliphatic heterocycles. The molecule has 0 atom stereocenters. The summed E-state index contributed by atoms with van der Waals surface area (Å²) in [6.45, 7) is 1.02. The van der Waals surface area contributed by atoms with Gasteiger partial charge in [-0.05, 0) is 54.6 Å². The highest BCUT2D eigenvalue weighted by Crippen LogP contribution is 2.28. The molecule has 1 amide bonds. The zero-order valence-corrected chi connectivity index (χ0v) is 18.3. The van der Waals surface area contributed by atoms with Gasteiger partial charge in [-0.1, -0.05) is 29.8 Å². The maximum atomic E-state index is 12.7. The third kappa shape index (κ3) is 6.13. The first kappa shape index (κ1) is 22.5. The van der Waals surface area contributed by atoms with E-state index in [1.807, 2.05) is 30.3 Å². The highest BCUT2D eigenvalue weighted by atomic mass is 35.5. The van der Waals surface area contributed by atoms with Gasteiger partial charge in [-0.25, -0.2) is 8.42 Å². The number of hydrogen-bond donors (Lipinski definition) is 3. The number of ether oxygens (including phenoxy) is 1. The second-order valence-corrected chi connectivity index (χ2v) is 8.61. The van der Waals surface area contributed by atoms with Crippen molar-refractivity contribution in [2.24, 2.45) is 0 Å².